The van der Waals surface area contributed by atoms with Crippen LogP contribution in [0.1, 0.15) is 58.3 Å². The summed E-state index contributed by atoms with van der Waals surface area (Å²) in [4.78, 5) is 0. The van der Waals surface area contributed by atoms with Crippen molar-refractivity contribution in [1.29, 1.82) is 0 Å². The summed E-state index contributed by atoms with van der Waals surface area (Å²) in [5.74, 6) is 0.789. The third kappa shape index (κ3) is 12.2. The summed E-state index contributed by atoms with van der Waals surface area (Å²) >= 11 is 5.57. The molecule has 0 aliphatic carbocycles. The molecule has 0 saturated heterocycles. The summed E-state index contributed by atoms with van der Waals surface area (Å²) in [7, 11) is 0. The Labute approximate surface area is 94.2 Å². The molecule has 0 rings (SSSR count). The van der Waals surface area contributed by atoms with Crippen LogP contribution in [0.5, 0.6) is 0 Å². The van der Waals surface area contributed by atoms with Gasteiger partial charge < -0.3 is 4.74 Å². The molecule has 0 fully saturated rings. The Morgan fingerprint density at radius 3 is 1.93 bits per heavy atom. The van der Waals surface area contributed by atoms with Gasteiger partial charge in [0.25, 0.3) is 0 Å². The van der Waals surface area contributed by atoms with Gasteiger partial charge in [-0.05, 0) is 25.7 Å². The summed E-state index contributed by atoms with van der Waals surface area (Å²) in [6.07, 6.45) is 10.1. The molecule has 86 valence electrons. The highest BCUT2D eigenvalue weighted by atomic mass is 35.5. The maximum Gasteiger partial charge on any atom is 0.0466 e. The molecule has 14 heavy (non-hydrogen) atoms. The highest BCUT2D eigenvalue weighted by molar-refractivity contribution is 6.17. The zero-order valence-corrected chi connectivity index (χ0v) is 10.3. The third-order valence-corrected chi connectivity index (χ3v) is 2.58. The van der Waals surface area contributed by atoms with Gasteiger partial charge in [-0.2, -0.15) is 0 Å². The van der Waals surface area contributed by atoms with Gasteiger partial charge in [-0.3, -0.25) is 0 Å². The van der Waals surface area contributed by atoms with E-state index in [1.165, 1.54) is 44.9 Å². The standard InChI is InChI=1S/C12H25ClO/c1-2-3-4-5-8-11-14-12-9-6-7-10-13/h2-12H2,1H3. The number of hydrogen-bond acceptors (Lipinski definition) is 1. The highest BCUT2D eigenvalue weighted by Crippen LogP contribution is 2.03. The number of hydrogen-bond donors (Lipinski definition) is 0. The van der Waals surface area contributed by atoms with E-state index in [1.54, 1.807) is 0 Å². The lowest BCUT2D eigenvalue weighted by atomic mass is 10.2. The molecule has 0 saturated carbocycles. The van der Waals surface area contributed by atoms with Gasteiger partial charge in [-0.15, -0.1) is 11.6 Å². The van der Waals surface area contributed by atoms with Crippen LogP contribution in [-0.4, -0.2) is 19.1 Å². The van der Waals surface area contributed by atoms with Gasteiger partial charge in [-0.1, -0.05) is 32.6 Å². The van der Waals surface area contributed by atoms with E-state index < -0.39 is 0 Å². The molecule has 0 N–H and O–H groups in total. The molecule has 0 heterocycles. The van der Waals surface area contributed by atoms with Crippen molar-refractivity contribution >= 4 is 11.6 Å². The molecule has 0 aromatic carbocycles. The van der Waals surface area contributed by atoms with Gasteiger partial charge in [-0.25, -0.2) is 0 Å². The van der Waals surface area contributed by atoms with Crippen LogP contribution in [-0.2, 0) is 4.74 Å². The molecule has 0 unspecified atom stereocenters. The van der Waals surface area contributed by atoms with Crippen molar-refractivity contribution in [2.45, 2.75) is 58.3 Å². The fourth-order valence-electron chi connectivity index (χ4n) is 1.39. The SMILES string of the molecule is CCCCCCCOCCCCCCl. The summed E-state index contributed by atoms with van der Waals surface area (Å²) in [5, 5.41) is 0. The Kier molecular flexibility index (Phi) is 13.5. The molecule has 0 spiro atoms. The van der Waals surface area contributed by atoms with Gasteiger partial charge in [0.1, 0.15) is 0 Å². The quantitative estimate of drug-likeness (QED) is 0.371. The molecule has 0 atom stereocenters. The van der Waals surface area contributed by atoms with Crippen LogP contribution in [0.3, 0.4) is 0 Å². The molecule has 0 bridgehead atoms. The van der Waals surface area contributed by atoms with Gasteiger partial charge in [0.2, 0.25) is 0 Å². The molecule has 0 aliphatic rings. The number of ether oxygens (including phenoxy) is 1. The van der Waals surface area contributed by atoms with E-state index in [0.717, 1.165) is 25.5 Å². The first-order chi connectivity index (χ1) is 6.91. The second kappa shape index (κ2) is 13.2. The van der Waals surface area contributed by atoms with Crippen LogP contribution < -0.4 is 0 Å². The van der Waals surface area contributed by atoms with Crippen LogP contribution in [0.4, 0.5) is 0 Å². The maximum atomic E-state index is 5.57. The Hall–Kier alpha value is 0.250. The molecule has 0 radical (unpaired) electrons. The topological polar surface area (TPSA) is 9.23 Å². The monoisotopic (exact) mass is 220 g/mol. The minimum Gasteiger partial charge on any atom is -0.381 e. The van der Waals surface area contributed by atoms with Crippen LogP contribution in [0.15, 0.2) is 0 Å². The molecule has 0 aromatic rings. The molecule has 0 amide bonds. The normalized spacial score (nSPS) is 10.7. The number of unbranched alkanes of at least 4 members (excludes halogenated alkanes) is 6. The second-order valence-electron chi connectivity index (χ2n) is 3.78. The smallest absolute Gasteiger partial charge is 0.0466 e. The summed E-state index contributed by atoms with van der Waals surface area (Å²) in [6, 6.07) is 0. The van der Waals surface area contributed by atoms with Crippen molar-refractivity contribution in [2.24, 2.45) is 0 Å². The number of halogens is 1. The fraction of sp³-hybridized carbons (Fsp3) is 1.00. The van der Waals surface area contributed by atoms with Gasteiger partial charge >= 0.3 is 0 Å². The van der Waals surface area contributed by atoms with Crippen LogP contribution >= 0.6 is 11.6 Å². The average molecular weight is 221 g/mol. The van der Waals surface area contributed by atoms with Crippen molar-refractivity contribution < 1.29 is 4.74 Å². The summed E-state index contributed by atoms with van der Waals surface area (Å²) in [5.41, 5.74) is 0. The lowest BCUT2D eigenvalue weighted by molar-refractivity contribution is 0.126. The minimum absolute atomic E-state index is 0.789. The van der Waals surface area contributed by atoms with Crippen molar-refractivity contribution in [2.75, 3.05) is 19.1 Å². The van der Waals surface area contributed by atoms with Crippen molar-refractivity contribution in [3.8, 4) is 0 Å². The van der Waals surface area contributed by atoms with E-state index in [2.05, 4.69) is 6.92 Å². The molecule has 1 nitrogen and oxygen atoms in total. The van der Waals surface area contributed by atoms with E-state index in [0.29, 0.717) is 0 Å². The predicted octanol–water partition coefficient (Wildman–Crippen LogP) is 4.38. The van der Waals surface area contributed by atoms with Crippen molar-refractivity contribution in [3.63, 3.8) is 0 Å². The number of alkyl halides is 1. The van der Waals surface area contributed by atoms with E-state index in [9.17, 15) is 0 Å². The van der Waals surface area contributed by atoms with E-state index in [1.807, 2.05) is 0 Å². The van der Waals surface area contributed by atoms with Crippen molar-refractivity contribution in [1.82, 2.24) is 0 Å². The first-order valence-electron chi connectivity index (χ1n) is 6.05. The zero-order valence-electron chi connectivity index (χ0n) is 9.56. The van der Waals surface area contributed by atoms with Crippen molar-refractivity contribution in [3.05, 3.63) is 0 Å². The Balaban J connectivity index is 2.78. The lowest BCUT2D eigenvalue weighted by Gasteiger charge is -2.03. The van der Waals surface area contributed by atoms with Gasteiger partial charge in [0, 0.05) is 19.1 Å². The molecule has 2 heteroatoms. The van der Waals surface area contributed by atoms with E-state index in [-0.39, 0.29) is 0 Å². The lowest BCUT2D eigenvalue weighted by Crippen LogP contribution is -1.97. The Morgan fingerprint density at radius 2 is 1.36 bits per heavy atom. The highest BCUT2D eigenvalue weighted by Gasteiger charge is 1.91. The van der Waals surface area contributed by atoms with Gasteiger partial charge in [0.05, 0.1) is 0 Å². The molecule has 0 aromatic heterocycles. The fourth-order valence-corrected chi connectivity index (χ4v) is 1.57. The van der Waals surface area contributed by atoms with Gasteiger partial charge in [0.15, 0.2) is 0 Å². The van der Waals surface area contributed by atoms with E-state index >= 15 is 0 Å². The largest absolute Gasteiger partial charge is 0.381 e. The first kappa shape index (κ1) is 14.2. The molecular weight excluding hydrogens is 196 g/mol. The summed E-state index contributed by atoms with van der Waals surface area (Å²) in [6.45, 7) is 4.11. The average Bonchev–Trinajstić information content (AvgIpc) is 2.21. The molecular formula is C12H25ClO. The van der Waals surface area contributed by atoms with Crippen LogP contribution in [0, 0.1) is 0 Å². The minimum atomic E-state index is 0.789. The Bertz CT molecular complexity index is 84.3. The maximum absolute atomic E-state index is 5.57. The van der Waals surface area contributed by atoms with Crippen LogP contribution in [0.25, 0.3) is 0 Å². The number of rotatable bonds is 11. The molecule has 0 aliphatic heterocycles. The summed E-state index contributed by atoms with van der Waals surface area (Å²) < 4.78 is 5.52. The van der Waals surface area contributed by atoms with Crippen LogP contribution in [0.2, 0.25) is 0 Å². The Morgan fingerprint density at radius 1 is 0.786 bits per heavy atom. The first-order valence-corrected chi connectivity index (χ1v) is 6.59. The predicted molar refractivity (Wildman–Crippen MR) is 64.1 cm³/mol. The van der Waals surface area contributed by atoms with E-state index in [4.69, 9.17) is 16.3 Å². The zero-order chi connectivity index (χ0) is 10.5. The second-order valence-corrected chi connectivity index (χ2v) is 4.15. The third-order valence-electron chi connectivity index (χ3n) is 2.31.